The van der Waals surface area contributed by atoms with Crippen LogP contribution in [0.25, 0.3) is 16.8 Å². The van der Waals surface area contributed by atoms with Crippen LogP contribution in [0.2, 0.25) is 0 Å². The van der Waals surface area contributed by atoms with Gasteiger partial charge in [0.25, 0.3) is 0 Å². The van der Waals surface area contributed by atoms with Crippen molar-refractivity contribution >= 4 is 11.4 Å². The summed E-state index contributed by atoms with van der Waals surface area (Å²) < 4.78 is 1.83. The molecule has 0 amide bonds. The number of nitrogens with two attached hydrogens (primary N) is 1. The quantitative estimate of drug-likeness (QED) is 0.644. The summed E-state index contributed by atoms with van der Waals surface area (Å²) in [5.74, 6) is 0. The van der Waals surface area contributed by atoms with Gasteiger partial charge in [-0.25, -0.2) is 0 Å². The monoisotopic (exact) mass is 373 g/mol. The lowest BCUT2D eigenvalue weighted by Gasteiger charge is -2.22. The zero-order valence-corrected chi connectivity index (χ0v) is 16.7. The average Bonchev–Trinajstić information content (AvgIpc) is 3.03. The highest BCUT2D eigenvalue weighted by Crippen LogP contribution is 2.35. The largest absolute Gasteiger partial charge is 0.401 e. The van der Waals surface area contributed by atoms with Gasteiger partial charge in [0, 0.05) is 42.3 Å². The first kappa shape index (κ1) is 18.2. The number of fused-ring (bicyclic) bond motifs is 1. The van der Waals surface area contributed by atoms with Crippen molar-refractivity contribution in [2.75, 3.05) is 11.9 Å². The number of benzene rings is 2. The summed E-state index contributed by atoms with van der Waals surface area (Å²) in [6, 6.07) is 15.2. The predicted molar refractivity (Wildman–Crippen MR) is 116 cm³/mol. The lowest BCUT2D eigenvalue weighted by Crippen LogP contribution is -2.17. The van der Waals surface area contributed by atoms with Gasteiger partial charge in [-0.3, -0.25) is 4.68 Å². The third-order valence-electron chi connectivity index (χ3n) is 5.34. The fourth-order valence-corrected chi connectivity index (χ4v) is 3.85. The van der Waals surface area contributed by atoms with Crippen LogP contribution in [0.15, 0.2) is 60.6 Å². The van der Waals surface area contributed by atoms with E-state index in [4.69, 9.17) is 5.73 Å². The van der Waals surface area contributed by atoms with Gasteiger partial charge in [0.05, 0.1) is 17.9 Å². The minimum atomic E-state index is 0.192. The third-order valence-corrected chi connectivity index (χ3v) is 5.34. The molecular weight excluding hydrogens is 346 g/mol. The third kappa shape index (κ3) is 3.48. The number of nitrogens with zero attached hydrogens (tertiary/aromatic N) is 2. The molecule has 0 fully saturated rings. The van der Waals surface area contributed by atoms with Crippen molar-refractivity contribution in [3.63, 3.8) is 0 Å². The normalized spacial score (nSPS) is 18.0. The molecule has 0 saturated carbocycles. The molecule has 1 unspecified atom stereocenters. The molecule has 0 aliphatic carbocycles. The van der Waals surface area contributed by atoms with Crippen molar-refractivity contribution in [1.29, 1.82) is 0 Å². The zero-order chi connectivity index (χ0) is 19.7. The number of allylic oxidation sites excluding steroid dienone is 1. The van der Waals surface area contributed by atoms with Crippen molar-refractivity contribution in [2.24, 2.45) is 12.8 Å². The lowest BCUT2D eigenvalue weighted by molar-refractivity contribution is 0.682. The molecule has 0 spiro atoms. The number of nitrogens with one attached hydrogen (secondary N) is 2. The highest BCUT2D eigenvalue weighted by Gasteiger charge is 2.23. The number of anilines is 1. The van der Waals surface area contributed by atoms with E-state index in [1.165, 1.54) is 22.4 Å². The van der Waals surface area contributed by atoms with Crippen LogP contribution < -0.4 is 16.4 Å². The van der Waals surface area contributed by atoms with Crippen LogP contribution in [0.1, 0.15) is 36.1 Å². The second kappa shape index (κ2) is 7.43. The smallest absolute Gasteiger partial charge is 0.0605 e. The van der Waals surface area contributed by atoms with E-state index in [-0.39, 0.29) is 6.04 Å². The Morgan fingerprint density at radius 1 is 1.21 bits per heavy atom. The molecule has 3 aromatic rings. The van der Waals surface area contributed by atoms with E-state index in [0.717, 1.165) is 35.5 Å². The Balaban J connectivity index is 1.82. The Hall–Kier alpha value is -3.21. The fourth-order valence-electron chi connectivity index (χ4n) is 3.85. The van der Waals surface area contributed by atoms with Gasteiger partial charge in [-0.2, -0.15) is 5.10 Å². The van der Waals surface area contributed by atoms with Crippen molar-refractivity contribution in [3.8, 4) is 11.1 Å². The number of para-hydroxylation sites is 1. The van der Waals surface area contributed by atoms with Crippen molar-refractivity contribution in [3.05, 3.63) is 77.2 Å². The first-order chi connectivity index (χ1) is 13.5. The topological polar surface area (TPSA) is 67.9 Å². The van der Waals surface area contributed by atoms with Crippen LogP contribution in [0.4, 0.5) is 5.69 Å². The first-order valence-electron chi connectivity index (χ1n) is 9.68. The number of hydrogen-bond donors (Lipinski definition) is 3. The van der Waals surface area contributed by atoms with E-state index >= 15 is 0 Å². The van der Waals surface area contributed by atoms with Gasteiger partial charge in [0.1, 0.15) is 0 Å². The Morgan fingerprint density at radius 2 is 2.04 bits per heavy atom. The highest BCUT2D eigenvalue weighted by molar-refractivity contribution is 5.75. The molecule has 1 atom stereocenters. The second-order valence-corrected chi connectivity index (χ2v) is 7.49. The van der Waals surface area contributed by atoms with E-state index in [1.54, 1.807) is 0 Å². The lowest BCUT2D eigenvalue weighted by atomic mass is 9.93. The molecule has 1 aliphatic rings. The van der Waals surface area contributed by atoms with Crippen LogP contribution in [-0.2, 0) is 7.05 Å². The molecule has 0 saturated heterocycles. The number of hydrogen-bond acceptors (Lipinski definition) is 4. The van der Waals surface area contributed by atoms with E-state index < -0.39 is 0 Å². The molecule has 0 bridgehead atoms. The van der Waals surface area contributed by atoms with E-state index in [1.807, 2.05) is 31.0 Å². The molecule has 0 radical (unpaired) electrons. The van der Waals surface area contributed by atoms with Gasteiger partial charge in [-0.1, -0.05) is 30.3 Å². The summed E-state index contributed by atoms with van der Waals surface area (Å²) >= 11 is 0. The molecule has 2 heterocycles. The molecular formula is C23H27N5. The average molecular weight is 374 g/mol. The second-order valence-electron chi connectivity index (χ2n) is 7.49. The minimum Gasteiger partial charge on any atom is -0.401 e. The fraction of sp³-hybridized carbons (Fsp3) is 0.261. The summed E-state index contributed by atoms with van der Waals surface area (Å²) in [6.07, 6.45) is 4.92. The van der Waals surface area contributed by atoms with Crippen LogP contribution in [0, 0.1) is 6.92 Å². The summed E-state index contributed by atoms with van der Waals surface area (Å²) in [7, 11) is 1.94. The van der Waals surface area contributed by atoms with Gasteiger partial charge in [0.2, 0.25) is 0 Å². The molecule has 2 aromatic carbocycles. The van der Waals surface area contributed by atoms with E-state index in [0.29, 0.717) is 0 Å². The number of aryl methyl sites for hydroxylation is 2. The van der Waals surface area contributed by atoms with E-state index in [2.05, 4.69) is 65.1 Å². The highest BCUT2D eigenvalue weighted by atomic mass is 15.2. The Kier molecular flexibility index (Phi) is 4.82. The zero-order valence-electron chi connectivity index (χ0n) is 16.7. The van der Waals surface area contributed by atoms with Gasteiger partial charge in [0.15, 0.2) is 0 Å². The molecule has 4 N–H and O–H groups in total. The summed E-state index contributed by atoms with van der Waals surface area (Å²) in [5, 5.41) is 11.6. The predicted octanol–water partition coefficient (Wildman–Crippen LogP) is 4.19. The van der Waals surface area contributed by atoms with Crippen LogP contribution in [0.5, 0.6) is 0 Å². The number of rotatable bonds is 3. The molecule has 5 heteroatoms. The molecule has 4 rings (SSSR count). The van der Waals surface area contributed by atoms with Gasteiger partial charge in [-0.05, 0) is 49.1 Å². The Labute approximate surface area is 166 Å². The molecule has 1 aliphatic heterocycles. The van der Waals surface area contributed by atoms with Crippen LogP contribution >= 0.6 is 0 Å². The molecule has 1 aromatic heterocycles. The van der Waals surface area contributed by atoms with Crippen LogP contribution in [0.3, 0.4) is 0 Å². The standard InChI is InChI=1S/C23H27N5/c1-15-6-4-5-7-21(15)27-22-10-11-25-23(16(2)24)19-9-8-17(12-20(19)22)18-13-26-28(3)14-18/h4-9,12-14,22,25,27H,10-11,24H2,1-3H3/b23-16-. The Morgan fingerprint density at radius 3 is 2.75 bits per heavy atom. The maximum absolute atomic E-state index is 6.21. The Bertz CT molecular complexity index is 1030. The first-order valence-corrected chi connectivity index (χ1v) is 9.68. The molecule has 28 heavy (non-hydrogen) atoms. The summed E-state index contributed by atoms with van der Waals surface area (Å²) in [4.78, 5) is 0. The summed E-state index contributed by atoms with van der Waals surface area (Å²) in [5.41, 5.74) is 15.2. The molecule has 144 valence electrons. The number of aromatic nitrogens is 2. The maximum Gasteiger partial charge on any atom is 0.0605 e. The van der Waals surface area contributed by atoms with Crippen molar-refractivity contribution in [2.45, 2.75) is 26.3 Å². The molecule has 5 nitrogen and oxygen atoms in total. The van der Waals surface area contributed by atoms with Gasteiger partial charge < -0.3 is 16.4 Å². The van der Waals surface area contributed by atoms with Crippen LogP contribution in [-0.4, -0.2) is 16.3 Å². The minimum absolute atomic E-state index is 0.192. The maximum atomic E-state index is 6.21. The van der Waals surface area contributed by atoms with Crippen molar-refractivity contribution in [1.82, 2.24) is 15.1 Å². The summed E-state index contributed by atoms with van der Waals surface area (Å²) in [6.45, 7) is 4.96. The SMILES string of the molecule is C/C(N)=C1/NCCC(Nc2ccccc2C)c2cc(-c3cnn(C)c3)ccc21. The van der Waals surface area contributed by atoms with E-state index in [9.17, 15) is 0 Å². The van der Waals surface area contributed by atoms with Gasteiger partial charge >= 0.3 is 0 Å². The van der Waals surface area contributed by atoms with Crippen molar-refractivity contribution < 1.29 is 0 Å². The van der Waals surface area contributed by atoms with Gasteiger partial charge in [-0.15, -0.1) is 0 Å².